The average molecular weight is 358 g/mol. The minimum atomic E-state index is -0.677. The topological polar surface area (TPSA) is 21.3 Å². The zero-order chi connectivity index (χ0) is 15.0. The van der Waals surface area contributed by atoms with Crippen LogP contribution in [-0.4, -0.2) is 12.6 Å². The van der Waals surface area contributed by atoms with Crippen molar-refractivity contribution in [1.82, 2.24) is 0 Å². The zero-order valence-electron chi connectivity index (χ0n) is 10.8. The second-order valence-corrected chi connectivity index (χ2v) is 5.74. The van der Waals surface area contributed by atoms with Gasteiger partial charge in [-0.05, 0) is 30.3 Å². The number of hydrogen-bond donors (Lipinski definition) is 1. The predicted molar refractivity (Wildman–Crippen MR) is 77.1 cm³/mol. The lowest BCUT2D eigenvalue weighted by atomic mass is 10.1. The first-order valence-corrected chi connectivity index (χ1v) is 7.16. The number of rotatable bonds is 3. The Labute approximate surface area is 128 Å². The molecular formula is C15H11BrF3NO. The number of fused-ring (bicyclic) bond motifs is 1. The fourth-order valence-corrected chi connectivity index (χ4v) is 2.73. The average Bonchev–Trinajstić information content (AvgIpc) is 2.79. The van der Waals surface area contributed by atoms with E-state index in [-0.39, 0.29) is 24.2 Å². The van der Waals surface area contributed by atoms with Crippen molar-refractivity contribution in [3.63, 3.8) is 0 Å². The Morgan fingerprint density at radius 2 is 1.86 bits per heavy atom. The van der Waals surface area contributed by atoms with Crippen LogP contribution in [-0.2, 0) is 6.42 Å². The minimum Gasteiger partial charge on any atom is -0.488 e. The Kier molecular flexibility index (Phi) is 3.80. The van der Waals surface area contributed by atoms with Crippen LogP contribution in [0.25, 0.3) is 0 Å². The molecule has 0 saturated carbocycles. The molecule has 0 fully saturated rings. The van der Waals surface area contributed by atoms with Gasteiger partial charge in [0.15, 0.2) is 0 Å². The Morgan fingerprint density at radius 3 is 2.57 bits per heavy atom. The maximum atomic E-state index is 13.7. The fourth-order valence-electron chi connectivity index (χ4n) is 2.33. The van der Waals surface area contributed by atoms with Crippen LogP contribution in [0.15, 0.2) is 34.8 Å². The smallest absolute Gasteiger partial charge is 0.150 e. The number of benzene rings is 2. The van der Waals surface area contributed by atoms with Gasteiger partial charge in [0.1, 0.15) is 35.0 Å². The summed E-state index contributed by atoms with van der Waals surface area (Å²) in [7, 11) is 0. The molecule has 0 aromatic heterocycles. The fraction of sp³-hybridized carbons (Fsp3) is 0.200. The van der Waals surface area contributed by atoms with Gasteiger partial charge in [0, 0.05) is 16.5 Å². The lowest BCUT2D eigenvalue weighted by Gasteiger charge is -2.14. The highest BCUT2D eigenvalue weighted by Crippen LogP contribution is 2.30. The van der Waals surface area contributed by atoms with Crippen LogP contribution in [0.4, 0.5) is 18.9 Å². The van der Waals surface area contributed by atoms with E-state index < -0.39 is 11.6 Å². The van der Waals surface area contributed by atoms with Gasteiger partial charge in [0.2, 0.25) is 0 Å². The van der Waals surface area contributed by atoms with E-state index >= 15 is 0 Å². The van der Waals surface area contributed by atoms with Crippen LogP contribution in [0, 0.1) is 17.5 Å². The lowest BCUT2D eigenvalue weighted by molar-refractivity contribution is 0.246. The van der Waals surface area contributed by atoms with Crippen molar-refractivity contribution < 1.29 is 17.9 Å². The van der Waals surface area contributed by atoms with Gasteiger partial charge in [0.25, 0.3) is 0 Å². The minimum absolute atomic E-state index is 0.191. The summed E-state index contributed by atoms with van der Waals surface area (Å²) >= 11 is 3.02. The second-order valence-electron chi connectivity index (χ2n) is 4.82. The first-order valence-electron chi connectivity index (χ1n) is 6.36. The zero-order valence-corrected chi connectivity index (χ0v) is 12.4. The summed E-state index contributed by atoms with van der Waals surface area (Å²) in [6.45, 7) is 0.228. The molecule has 2 aromatic rings. The molecule has 21 heavy (non-hydrogen) atoms. The molecule has 1 unspecified atom stereocenters. The summed E-state index contributed by atoms with van der Waals surface area (Å²) < 4.78 is 46.4. The van der Waals surface area contributed by atoms with Crippen molar-refractivity contribution >= 4 is 21.6 Å². The quantitative estimate of drug-likeness (QED) is 0.884. The van der Waals surface area contributed by atoms with Crippen molar-refractivity contribution in [1.29, 1.82) is 0 Å². The number of nitrogens with one attached hydrogen (secondary N) is 1. The van der Waals surface area contributed by atoms with E-state index in [1.54, 1.807) is 6.07 Å². The van der Waals surface area contributed by atoms with Gasteiger partial charge in [-0.3, -0.25) is 0 Å². The summed E-state index contributed by atoms with van der Waals surface area (Å²) in [4.78, 5) is 0. The van der Waals surface area contributed by atoms with Crippen molar-refractivity contribution in [2.75, 3.05) is 11.9 Å². The maximum absolute atomic E-state index is 13.7. The highest BCUT2D eigenvalue weighted by molar-refractivity contribution is 9.10. The predicted octanol–water partition coefficient (Wildman–Crippen LogP) is 4.28. The van der Waals surface area contributed by atoms with Crippen molar-refractivity contribution in [2.45, 2.75) is 12.5 Å². The summed E-state index contributed by atoms with van der Waals surface area (Å²) in [5.41, 5.74) is 0.572. The molecule has 0 saturated heterocycles. The van der Waals surface area contributed by atoms with Gasteiger partial charge < -0.3 is 10.1 Å². The van der Waals surface area contributed by atoms with E-state index in [1.165, 1.54) is 24.3 Å². The van der Waals surface area contributed by atoms with Gasteiger partial charge in [-0.1, -0.05) is 15.9 Å². The summed E-state index contributed by atoms with van der Waals surface area (Å²) in [5, 5.41) is 2.71. The molecule has 1 N–H and O–H groups in total. The van der Waals surface area contributed by atoms with Crippen LogP contribution >= 0.6 is 15.9 Å². The lowest BCUT2D eigenvalue weighted by Crippen LogP contribution is -2.24. The van der Waals surface area contributed by atoms with Crippen LogP contribution in [0.5, 0.6) is 5.75 Å². The molecule has 0 aliphatic carbocycles. The summed E-state index contributed by atoms with van der Waals surface area (Å²) in [6.07, 6.45) is 0.212. The maximum Gasteiger partial charge on any atom is 0.150 e. The number of halogens is 4. The van der Waals surface area contributed by atoms with E-state index in [0.717, 1.165) is 5.56 Å². The molecule has 1 aliphatic heterocycles. The molecule has 2 nitrogen and oxygen atoms in total. The standard InChI is InChI=1S/C15H11BrF3NO/c16-9-5-12(18)15(13(19)6-9)20-7-11-4-8-3-10(17)1-2-14(8)21-11/h1-3,5-6,11,20H,4,7H2. The van der Waals surface area contributed by atoms with Crippen LogP contribution < -0.4 is 10.1 Å². The highest BCUT2D eigenvalue weighted by atomic mass is 79.9. The first kappa shape index (κ1) is 14.3. The molecule has 1 aliphatic rings. The van der Waals surface area contributed by atoms with Gasteiger partial charge in [-0.25, -0.2) is 13.2 Å². The summed E-state index contributed by atoms with van der Waals surface area (Å²) in [5.74, 6) is -1.07. The highest BCUT2D eigenvalue weighted by Gasteiger charge is 2.23. The Bertz CT molecular complexity index is 670. The van der Waals surface area contributed by atoms with Crippen LogP contribution in [0.3, 0.4) is 0 Å². The molecule has 0 spiro atoms. The largest absolute Gasteiger partial charge is 0.488 e. The van der Waals surface area contributed by atoms with Crippen LogP contribution in [0.2, 0.25) is 0 Å². The van der Waals surface area contributed by atoms with E-state index in [0.29, 0.717) is 16.6 Å². The van der Waals surface area contributed by atoms with Gasteiger partial charge >= 0.3 is 0 Å². The van der Waals surface area contributed by atoms with Gasteiger partial charge in [-0.2, -0.15) is 0 Å². The Balaban J connectivity index is 1.68. The monoisotopic (exact) mass is 357 g/mol. The van der Waals surface area contributed by atoms with Crippen molar-refractivity contribution in [3.8, 4) is 5.75 Å². The number of hydrogen-bond acceptors (Lipinski definition) is 2. The third kappa shape index (κ3) is 3.00. The van der Waals surface area contributed by atoms with Gasteiger partial charge in [0.05, 0.1) is 6.54 Å². The molecular weight excluding hydrogens is 347 g/mol. The second kappa shape index (κ2) is 5.60. The Morgan fingerprint density at radius 1 is 1.14 bits per heavy atom. The molecule has 0 bridgehead atoms. The molecule has 0 radical (unpaired) electrons. The first-order chi connectivity index (χ1) is 10.0. The third-order valence-corrected chi connectivity index (χ3v) is 3.73. The number of anilines is 1. The van der Waals surface area contributed by atoms with E-state index in [1.807, 2.05) is 0 Å². The molecule has 3 rings (SSSR count). The number of ether oxygens (including phenoxy) is 1. The normalized spacial score (nSPS) is 16.5. The van der Waals surface area contributed by atoms with Crippen molar-refractivity contribution in [2.24, 2.45) is 0 Å². The molecule has 0 amide bonds. The SMILES string of the molecule is Fc1ccc2c(c1)CC(CNc1c(F)cc(Br)cc1F)O2. The van der Waals surface area contributed by atoms with E-state index in [9.17, 15) is 13.2 Å². The van der Waals surface area contributed by atoms with E-state index in [4.69, 9.17) is 4.74 Å². The van der Waals surface area contributed by atoms with E-state index in [2.05, 4.69) is 21.2 Å². The molecule has 6 heteroatoms. The van der Waals surface area contributed by atoms with Crippen molar-refractivity contribution in [3.05, 3.63) is 57.8 Å². The molecule has 110 valence electrons. The van der Waals surface area contributed by atoms with Crippen LogP contribution in [0.1, 0.15) is 5.56 Å². The van der Waals surface area contributed by atoms with Gasteiger partial charge in [-0.15, -0.1) is 0 Å². The molecule has 2 aromatic carbocycles. The summed E-state index contributed by atoms with van der Waals surface area (Å²) in [6, 6.07) is 6.67. The Hall–Kier alpha value is -1.69. The third-order valence-electron chi connectivity index (χ3n) is 3.28. The molecule has 1 heterocycles. The molecule has 1 atom stereocenters.